The zero-order chi connectivity index (χ0) is 20.3. The van der Waals surface area contributed by atoms with Gasteiger partial charge in [-0.05, 0) is 43.3 Å². The van der Waals surface area contributed by atoms with Crippen LogP contribution in [0.2, 0.25) is 0 Å². The van der Waals surface area contributed by atoms with Crippen LogP contribution >= 0.6 is 0 Å². The summed E-state index contributed by atoms with van der Waals surface area (Å²) in [5.41, 5.74) is 1.91. The zero-order valence-corrected chi connectivity index (χ0v) is 16.2. The number of aromatic nitrogens is 1. The molecule has 2 aromatic carbocycles. The summed E-state index contributed by atoms with van der Waals surface area (Å²) in [7, 11) is -1.81. The average Bonchev–Trinajstić information content (AvgIpc) is 2.67. The number of halogens is 1. The van der Waals surface area contributed by atoms with Crippen LogP contribution in [0.1, 0.15) is 6.92 Å². The molecule has 3 rings (SSSR count). The first-order chi connectivity index (χ1) is 13.3. The Hall–Kier alpha value is -2.75. The van der Waals surface area contributed by atoms with E-state index in [9.17, 15) is 13.7 Å². The Morgan fingerprint density at radius 3 is 2.64 bits per heavy atom. The first-order valence-electron chi connectivity index (χ1n) is 8.51. The van der Waals surface area contributed by atoms with E-state index >= 15 is 0 Å². The molecule has 4 N–H and O–H groups in total. The quantitative estimate of drug-likeness (QED) is 0.483. The third-order valence-corrected chi connectivity index (χ3v) is 5.57. The number of aliphatic hydroxyl groups is 1. The number of pyridine rings is 1. The van der Waals surface area contributed by atoms with E-state index in [1.54, 1.807) is 43.5 Å². The first-order valence-corrected chi connectivity index (χ1v) is 10.1. The molecule has 0 spiro atoms. The minimum Gasteiger partial charge on any atom is -0.494 e. The number of anilines is 2. The Balaban J connectivity index is 1.86. The number of hydrogen-bond acceptors (Lipinski definition) is 6. The Kier molecular flexibility index (Phi) is 5.78. The molecular weight excluding hydrogens is 383 g/mol. The lowest BCUT2D eigenvalue weighted by molar-refractivity contribution is 0.199. The van der Waals surface area contributed by atoms with Gasteiger partial charge in [-0.1, -0.05) is 0 Å². The van der Waals surface area contributed by atoms with E-state index in [1.165, 1.54) is 19.2 Å². The largest absolute Gasteiger partial charge is 0.494 e. The number of hydrogen-bond donors (Lipinski definition) is 4. The van der Waals surface area contributed by atoms with Gasteiger partial charge in [-0.25, -0.2) is 18.1 Å². The molecule has 0 aliphatic carbocycles. The van der Waals surface area contributed by atoms with Gasteiger partial charge < -0.3 is 15.2 Å². The average molecular weight is 404 g/mol. The van der Waals surface area contributed by atoms with E-state index in [0.717, 1.165) is 0 Å². The number of nitrogens with zero attached hydrogens (tertiary/aromatic N) is 1. The normalized spacial score (nSPS) is 14.4. The molecule has 148 valence electrons. The summed E-state index contributed by atoms with van der Waals surface area (Å²) in [5.74, 6) is -0.365. The molecule has 1 aromatic heterocycles. The van der Waals surface area contributed by atoms with E-state index in [-0.39, 0.29) is 12.3 Å². The van der Waals surface area contributed by atoms with Crippen LogP contribution in [0.5, 0.6) is 5.75 Å². The van der Waals surface area contributed by atoms with E-state index in [2.05, 4.69) is 15.0 Å². The molecule has 0 radical (unpaired) electrons. The predicted molar refractivity (Wildman–Crippen MR) is 107 cm³/mol. The molecule has 0 saturated carbocycles. The van der Waals surface area contributed by atoms with Crippen molar-refractivity contribution in [3.8, 4) is 5.75 Å². The predicted octanol–water partition coefficient (Wildman–Crippen LogP) is 3.42. The summed E-state index contributed by atoms with van der Waals surface area (Å²) >= 11 is 0. The molecule has 9 heteroatoms. The molecule has 0 saturated heterocycles. The molecule has 1 heterocycles. The highest BCUT2D eigenvalue weighted by Crippen LogP contribution is 2.30. The van der Waals surface area contributed by atoms with Crippen LogP contribution in [0.4, 0.5) is 15.8 Å². The molecule has 1 unspecified atom stereocenters. The van der Waals surface area contributed by atoms with Crippen molar-refractivity contribution in [1.29, 1.82) is 4.78 Å². The number of nitrogens with one attached hydrogen (secondary N) is 3. The fourth-order valence-electron chi connectivity index (χ4n) is 2.62. The molecule has 0 bridgehead atoms. The number of aliphatic hydroxyl groups excluding tert-OH is 1. The lowest BCUT2D eigenvalue weighted by atomic mass is 10.1. The van der Waals surface area contributed by atoms with Crippen molar-refractivity contribution in [2.45, 2.75) is 17.9 Å². The van der Waals surface area contributed by atoms with Gasteiger partial charge in [-0.15, -0.1) is 0 Å². The smallest absolute Gasteiger partial charge is 0.165 e. The number of ether oxygens (including phenoxy) is 1. The summed E-state index contributed by atoms with van der Waals surface area (Å²) in [6.07, 6.45) is 0.901. The van der Waals surface area contributed by atoms with E-state index in [0.29, 0.717) is 27.2 Å². The van der Waals surface area contributed by atoms with Crippen molar-refractivity contribution >= 4 is 32.2 Å². The highest BCUT2D eigenvalue weighted by molar-refractivity contribution is 7.90. The van der Waals surface area contributed by atoms with Gasteiger partial charge in [-0.3, -0.25) is 4.98 Å². The standard InChI is InChI=1S/C19H21FN4O3S/c1-12(25)11-23-28(21,26)14-5-3-13(4-6-14)24-17-7-8-22-18-10-19(27-2)16(20)9-15(17)18/h3-10,12,25H,11H2,1-2H3,(H,22,24)(H2,21,23,26)/t12-,28?/m1/s1. The molecular formula is C19H21FN4O3S. The molecule has 0 fully saturated rings. The van der Waals surface area contributed by atoms with Gasteiger partial charge in [0.15, 0.2) is 11.6 Å². The number of methoxy groups -OCH3 is 1. The van der Waals surface area contributed by atoms with Crippen molar-refractivity contribution < 1.29 is 18.4 Å². The molecule has 28 heavy (non-hydrogen) atoms. The van der Waals surface area contributed by atoms with Gasteiger partial charge in [0, 0.05) is 35.6 Å². The summed E-state index contributed by atoms with van der Waals surface area (Å²) in [4.78, 5) is 4.54. The zero-order valence-electron chi connectivity index (χ0n) is 15.4. The molecule has 2 atom stereocenters. The topological polar surface area (TPSA) is 107 Å². The van der Waals surface area contributed by atoms with Gasteiger partial charge >= 0.3 is 0 Å². The Labute approximate surface area is 162 Å². The van der Waals surface area contributed by atoms with E-state index in [1.807, 2.05) is 0 Å². The van der Waals surface area contributed by atoms with Gasteiger partial charge in [0.05, 0.1) is 23.6 Å². The van der Waals surface area contributed by atoms with Crippen LogP contribution in [0, 0.1) is 10.6 Å². The minimum atomic E-state index is -3.20. The summed E-state index contributed by atoms with van der Waals surface area (Å²) in [5, 5.41) is 13.1. The maximum absolute atomic E-state index is 14.1. The van der Waals surface area contributed by atoms with Gasteiger partial charge in [0.25, 0.3) is 0 Å². The van der Waals surface area contributed by atoms with Gasteiger partial charge in [0.1, 0.15) is 9.92 Å². The van der Waals surface area contributed by atoms with E-state index < -0.39 is 21.8 Å². The second kappa shape index (κ2) is 8.09. The maximum atomic E-state index is 14.1. The van der Waals surface area contributed by atoms with Crippen LogP contribution in [-0.4, -0.2) is 34.1 Å². The summed E-state index contributed by atoms with van der Waals surface area (Å²) < 4.78 is 42.0. The van der Waals surface area contributed by atoms with Crippen LogP contribution in [-0.2, 0) is 9.92 Å². The van der Waals surface area contributed by atoms with Crippen LogP contribution in [0.15, 0.2) is 53.6 Å². The van der Waals surface area contributed by atoms with Crippen molar-refractivity contribution in [3.05, 3.63) is 54.5 Å². The SMILES string of the molecule is COc1cc2nccc(Nc3ccc(S(=N)(=O)NC[C@@H](C)O)cc3)c2cc1F. The monoisotopic (exact) mass is 404 g/mol. The fraction of sp³-hybridized carbons (Fsp3) is 0.211. The second-order valence-corrected chi connectivity index (χ2v) is 8.14. The lowest BCUT2D eigenvalue weighted by Gasteiger charge is -2.13. The third kappa shape index (κ3) is 4.38. The third-order valence-electron chi connectivity index (χ3n) is 4.06. The second-order valence-electron chi connectivity index (χ2n) is 6.27. The van der Waals surface area contributed by atoms with Gasteiger partial charge in [0.2, 0.25) is 0 Å². The molecule has 0 aliphatic heterocycles. The number of fused-ring (bicyclic) bond motifs is 1. The Morgan fingerprint density at radius 2 is 2.00 bits per heavy atom. The Morgan fingerprint density at radius 1 is 1.29 bits per heavy atom. The van der Waals surface area contributed by atoms with Gasteiger partial charge in [-0.2, -0.15) is 0 Å². The summed E-state index contributed by atoms with van der Waals surface area (Å²) in [6, 6.07) is 11.1. The van der Waals surface area contributed by atoms with Crippen LogP contribution < -0.4 is 14.8 Å². The molecule has 3 aromatic rings. The molecule has 0 aliphatic rings. The van der Waals surface area contributed by atoms with Crippen molar-refractivity contribution in [2.75, 3.05) is 19.0 Å². The minimum absolute atomic E-state index is 0.0559. The van der Waals surface area contributed by atoms with Crippen molar-refractivity contribution in [3.63, 3.8) is 0 Å². The number of benzene rings is 2. The summed E-state index contributed by atoms with van der Waals surface area (Å²) in [6.45, 7) is 1.60. The maximum Gasteiger partial charge on any atom is 0.165 e. The molecule has 0 amide bonds. The first kappa shape index (κ1) is 20.0. The number of rotatable bonds is 7. The lowest BCUT2D eigenvalue weighted by Crippen LogP contribution is -2.29. The van der Waals surface area contributed by atoms with Crippen molar-refractivity contribution in [2.24, 2.45) is 0 Å². The Bertz CT molecular complexity index is 1090. The van der Waals surface area contributed by atoms with Crippen LogP contribution in [0.25, 0.3) is 10.9 Å². The highest BCUT2D eigenvalue weighted by Gasteiger charge is 2.12. The van der Waals surface area contributed by atoms with E-state index in [4.69, 9.17) is 9.52 Å². The van der Waals surface area contributed by atoms with Crippen LogP contribution in [0.3, 0.4) is 0 Å². The fourth-order valence-corrected chi connectivity index (χ4v) is 3.78. The highest BCUT2D eigenvalue weighted by atomic mass is 32.2. The molecule has 7 nitrogen and oxygen atoms in total. The van der Waals surface area contributed by atoms with Crippen molar-refractivity contribution in [1.82, 2.24) is 9.71 Å².